The van der Waals surface area contributed by atoms with Crippen LogP contribution in [-0.4, -0.2) is 41.3 Å². The zero-order valence-corrected chi connectivity index (χ0v) is 9.12. The lowest BCUT2D eigenvalue weighted by atomic mass is 10.5. The van der Waals surface area contributed by atoms with Crippen molar-refractivity contribution in [3.8, 4) is 0 Å². The summed E-state index contributed by atoms with van der Waals surface area (Å²) in [4.78, 5) is 17.2. The minimum Gasteiger partial charge on any atom is -0.468 e. The molecule has 0 aromatic carbocycles. The van der Waals surface area contributed by atoms with Crippen LogP contribution in [-0.2, 0) is 9.53 Å². The lowest BCUT2D eigenvalue weighted by molar-refractivity contribution is -0.138. The molecule has 0 aliphatic heterocycles. The van der Waals surface area contributed by atoms with Crippen LogP contribution in [0.1, 0.15) is 0 Å². The fourth-order valence-electron chi connectivity index (χ4n) is 1.35. The van der Waals surface area contributed by atoms with Crippen LogP contribution in [0.3, 0.4) is 0 Å². The van der Waals surface area contributed by atoms with Gasteiger partial charge in [0.25, 0.3) is 0 Å². The number of nitrogens with zero attached hydrogens (tertiary/aromatic N) is 4. The molecule has 6 nitrogen and oxygen atoms in total. The number of fused-ring (bicyclic) bond motifs is 1. The molecule has 0 spiro atoms. The van der Waals surface area contributed by atoms with Crippen molar-refractivity contribution in [2.75, 3.05) is 25.6 Å². The molecule has 0 bridgehead atoms. The molecule has 0 atom stereocenters. The van der Waals surface area contributed by atoms with Crippen molar-refractivity contribution in [3.05, 3.63) is 24.5 Å². The first-order valence-electron chi connectivity index (χ1n) is 4.79. The Balaban J connectivity index is 2.22. The fraction of sp³-hybridized carbons (Fsp3) is 0.300. The van der Waals surface area contributed by atoms with Crippen molar-refractivity contribution in [2.45, 2.75) is 0 Å². The summed E-state index contributed by atoms with van der Waals surface area (Å²) in [6, 6.07) is 3.60. The molecule has 16 heavy (non-hydrogen) atoms. The number of hydrogen-bond acceptors (Lipinski definition) is 5. The monoisotopic (exact) mass is 220 g/mol. The molecule has 2 heterocycles. The highest BCUT2D eigenvalue weighted by Gasteiger charge is 2.08. The number of ether oxygens (including phenoxy) is 1. The predicted octanol–water partition coefficient (Wildman–Crippen LogP) is 0.338. The minimum absolute atomic E-state index is 0.174. The van der Waals surface area contributed by atoms with Gasteiger partial charge in [-0.2, -0.15) is 5.10 Å². The third-order valence-electron chi connectivity index (χ3n) is 2.23. The smallest absolute Gasteiger partial charge is 0.325 e. The van der Waals surface area contributed by atoms with E-state index in [-0.39, 0.29) is 12.5 Å². The molecule has 0 unspecified atom stereocenters. The molecule has 0 aliphatic carbocycles. The molecule has 6 heteroatoms. The number of aromatic nitrogens is 3. The number of carbonyl (C=O) groups is 1. The van der Waals surface area contributed by atoms with E-state index in [9.17, 15) is 4.79 Å². The number of likely N-dealkylation sites (N-methyl/N-ethyl adjacent to an activating group) is 1. The van der Waals surface area contributed by atoms with Gasteiger partial charge in [-0.15, -0.1) is 0 Å². The second kappa shape index (κ2) is 4.18. The van der Waals surface area contributed by atoms with Gasteiger partial charge in [-0.3, -0.25) is 4.79 Å². The highest BCUT2D eigenvalue weighted by molar-refractivity contribution is 5.75. The molecule has 2 aromatic heterocycles. The van der Waals surface area contributed by atoms with Crippen LogP contribution in [0.5, 0.6) is 0 Å². The van der Waals surface area contributed by atoms with Gasteiger partial charge < -0.3 is 9.64 Å². The normalized spacial score (nSPS) is 10.4. The van der Waals surface area contributed by atoms with E-state index >= 15 is 0 Å². The predicted molar refractivity (Wildman–Crippen MR) is 58.3 cm³/mol. The Morgan fingerprint density at radius 2 is 2.38 bits per heavy atom. The summed E-state index contributed by atoms with van der Waals surface area (Å²) in [6.07, 6.45) is 3.47. The van der Waals surface area contributed by atoms with Crippen molar-refractivity contribution in [2.24, 2.45) is 0 Å². The number of carbonyl (C=O) groups excluding carboxylic acids is 1. The van der Waals surface area contributed by atoms with Crippen LogP contribution >= 0.6 is 0 Å². The molecule has 0 saturated heterocycles. The molecule has 0 saturated carbocycles. The third-order valence-corrected chi connectivity index (χ3v) is 2.23. The van der Waals surface area contributed by atoms with E-state index in [2.05, 4.69) is 14.8 Å². The van der Waals surface area contributed by atoms with E-state index in [1.807, 2.05) is 0 Å². The molecule has 0 radical (unpaired) electrons. The van der Waals surface area contributed by atoms with Gasteiger partial charge in [0.15, 0.2) is 5.65 Å². The zero-order chi connectivity index (χ0) is 11.5. The van der Waals surface area contributed by atoms with Crippen LogP contribution in [0.2, 0.25) is 0 Å². The molecule has 0 fully saturated rings. The quantitative estimate of drug-likeness (QED) is 0.698. The van der Waals surface area contributed by atoms with Gasteiger partial charge in [0.1, 0.15) is 12.4 Å². The largest absolute Gasteiger partial charge is 0.468 e. The zero-order valence-electron chi connectivity index (χ0n) is 9.12. The molecule has 84 valence electrons. The number of esters is 1. The minimum atomic E-state index is -0.294. The van der Waals surface area contributed by atoms with Crippen LogP contribution < -0.4 is 4.90 Å². The van der Waals surface area contributed by atoms with E-state index in [1.54, 1.807) is 41.0 Å². The number of rotatable bonds is 3. The highest BCUT2D eigenvalue weighted by Crippen LogP contribution is 2.09. The fourth-order valence-corrected chi connectivity index (χ4v) is 1.35. The second-order valence-electron chi connectivity index (χ2n) is 3.35. The van der Waals surface area contributed by atoms with Crippen molar-refractivity contribution >= 4 is 17.4 Å². The van der Waals surface area contributed by atoms with Gasteiger partial charge in [-0.25, -0.2) is 9.50 Å². The molecular weight excluding hydrogens is 208 g/mol. The molecule has 2 rings (SSSR count). The maximum Gasteiger partial charge on any atom is 0.325 e. The number of hydrogen-bond donors (Lipinski definition) is 0. The van der Waals surface area contributed by atoms with E-state index in [1.165, 1.54) is 7.11 Å². The summed E-state index contributed by atoms with van der Waals surface area (Å²) in [7, 11) is 3.15. The number of methoxy groups -OCH3 is 1. The van der Waals surface area contributed by atoms with Crippen LogP contribution in [0.4, 0.5) is 5.82 Å². The first-order valence-corrected chi connectivity index (χ1v) is 4.79. The average Bonchev–Trinajstić information content (AvgIpc) is 2.75. The van der Waals surface area contributed by atoms with Crippen LogP contribution in [0.15, 0.2) is 24.5 Å². The maximum atomic E-state index is 11.1. The van der Waals surface area contributed by atoms with Gasteiger partial charge in [-0.1, -0.05) is 0 Å². The Morgan fingerprint density at radius 3 is 3.12 bits per heavy atom. The van der Waals surface area contributed by atoms with Gasteiger partial charge in [0.05, 0.1) is 13.3 Å². The highest BCUT2D eigenvalue weighted by atomic mass is 16.5. The van der Waals surface area contributed by atoms with E-state index < -0.39 is 0 Å². The van der Waals surface area contributed by atoms with Gasteiger partial charge in [0.2, 0.25) is 0 Å². The Bertz CT molecular complexity index is 508. The Kier molecular flexibility index (Phi) is 2.72. The summed E-state index contributed by atoms with van der Waals surface area (Å²) >= 11 is 0. The Labute approximate surface area is 92.5 Å². The second-order valence-corrected chi connectivity index (χ2v) is 3.35. The molecule has 0 aliphatic rings. The molecule has 2 aromatic rings. The van der Waals surface area contributed by atoms with E-state index in [4.69, 9.17) is 0 Å². The molecule has 0 N–H and O–H groups in total. The third kappa shape index (κ3) is 1.95. The summed E-state index contributed by atoms with van der Waals surface area (Å²) < 4.78 is 6.25. The van der Waals surface area contributed by atoms with E-state index in [0.717, 1.165) is 5.65 Å². The first-order chi connectivity index (χ1) is 7.70. The topological polar surface area (TPSA) is 59.7 Å². The summed E-state index contributed by atoms with van der Waals surface area (Å²) in [5.41, 5.74) is 0.745. The lowest BCUT2D eigenvalue weighted by Crippen LogP contribution is -2.27. The summed E-state index contributed by atoms with van der Waals surface area (Å²) in [6.45, 7) is 0.174. The SMILES string of the molecule is COC(=O)CN(C)c1ccn2nccc2n1. The lowest BCUT2D eigenvalue weighted by Gasteiger charge is -2.16. The molecular formula is C10H12N4O2. The maximum absolute atomic E-state index is 11.1. The number of anilines is 1. The van der Waals surface area contributed by atoms with Crippen LogP contribution in [0.25, 0.3) is 5.65 Å². The average molecular weight is 220 g/mol. The van der Waals surface area contributed by atoms with Crippen molar-refractivity contribution < 1.29 is 9.53 Å². The van der Waals surface area contributed by atoms with E-state index in [0.29, 0.717) is 5.82 Å². The first kappa shape index (κ1) is 10.4. The Hall–Kier alpha value is -2.11. The van der Waals surface area contributed by atoms with Gasteiger partial charge in [0, 0.05) is 19.3 Å². The Morgan fingerprint density at radius 1 is 1.56 bits per heavy atom. The summed E-state index contributed by atoms with van der Waals surface area (Å²) in [5, 5.41) is 4.04. The van der Waals surface area contributed by atoms with Crippen LogP contribution in [0, 0.1) is 0 Å². The summed E-state index contributed by atoms with van der Waals surface area (Å²) in [5.74, 6) is 0.413. The van der Waals surface area contributed by atoms with Gasteiger partial charge in [-0.05, 0) is 6.07 Å². The van der Waals surface area contributed by atoms with Crippen molar-refractivity contribution in [1.29, 1.82) is 0 Å². The van der Waals surface area contributed by atoms with Crippen molar-refractivity contribution in [1.82, 2.24) is 14.6 Å². The van der Waals surface area contributed by atoms with Crippen molar-refractivity contribution in [3.63, 3.8) is 0 Å². The van der Waals surface area contributed by atoms with Gasteiger partial charge >= 0.3 is 5.97 Å². The standard InChI is InChI=1S/C10H12N4O2/c1-13(7-10(15)16-2)8-4-6-14-9(12-8)3-5-11-14/h3-6H,7H2,1-2H3. The molecule has 0 amide bonds.